The predicted octanol–water partition coefficient (Wildman–Crippen LogP) is 3.02. The zero-order valence-corrected chi connectivity index (χ0v) is 9.61. The highest BCUT2D eigenvalue weighted by Gasteiger charge is 2.34. The Labute approximate surface area is 102 Å². The number of morpholine rings is 1. The molecule has 0 spiro atoms. The van der Waals surface area contributed by atoms with Crippen molar-refractivity contribution in [2.24, 2.45) is 0 Å². The highest BCUT2D eigenvalue weighted by atomic mass is 35.5. The molecule has 1 aliphatic rings. The summed E-state index contributed by atoms with van der Waals surface area (Å²) in [7, 11) is 0. The molecule has 1 saturated heterocycles. The van der Waals surface area contributed by atoms with Gasteiger partial charge in [-0.05, 0) is 17.7 Å². The van der Waals surface area contributed by atoms with Gasteiger partial charge in [0.25, 0.3) is 0 Å². The second kappa shape index (κ2) is 4.84. The Morgan fingerprint density at radius 1 is 1.35 bits per heavy atom. The van der Waals surface area contributed by atoms with E-state index >= 15 is 0 Å². The molecule has 1 aliphatic heterocycles. The zero-order chi connectivity index (χ0) is 12.5. The molecule has 17 heavy (non-hydrogen) atoms. The van der Waals surface area contributed by atoms with Crippen molar-refractivity contribution in [1.82, 2.24) is 5.32 Å². The zero-order valence-electron chi connectivity index (χ0n) is 8.85. The molecule has 2 nitrogen and oxygen atoms in total. The Balaban J connectivity index is 2.30. The maximum Gasteiger partial charge on any atom is 0.417 e. The average molecular weight is 266 g/mol. The van der Waals surface area contributed by atoms with Gasteiger partial charge in [-0.15, -0.1) is 0 Å². The van der Waals surface area contributed by atoms with Crippen LogP contribution in [0.15, 0.2) is 18.2 Å². The topological polar surface area (TPSA) is 21.3 Å². The van der Waals surface area contributed by atoms with Gasteiger partial charge in [0, 0.05) is 6.54 Å². The highest BCUT2D eigenvalue weighted by molar-refractivity contribution is 6.31. The fourth-order valence-electron chi connectivity index (χ4n) is 1.76. The Bertz CT molecular complexity index is 402. The number of ether oxygens (including phenoxy) is 1. The van der Waals surface area contributed by atoms with Crippen LogP contribution in [0.25, 0.3) is 0 Å². The van der Waals surface area contributed by atoms with Crippen LogP contribution in [0.2, 0.25) is 5.02 Å². The van der Waals surface area contributed by atoms with E-state index in [0.29, 0.717) is 25.3 Å². The van der Waals surface area contributed by atoms with Crippen molar-refractivity contribution in [2.75, 3.05) is 19.8 Å². The summed E-state index contributed by atoms with van der Waals surface area (Å²) in [5.41, 5.74) is -0.259. The SMILES string of the molecule is FC(F)(F)c1cc([C@@H]2COCCN2)ccc1Cl. The smallest absolute Gasteiger partial charge is 0.378 e. The van der Waals surface area contributed by atoms with Crippen LogP contribution in [0.4, 0.5) is 13.2 Å². The third-order valence-electron chi connectivity index (χ3n) is 2.62. The average Bonchev–Trinajstić information content (AvgIpc) is 2.29. The molecular formula is C11H11ClF3NO. The lowest BCUT2D eigenvalue weighted by atomic mass is 10.0. The van der Waals surface area contributed by atoms with E-state index in [4.69, 9.17) is 16.3 Å². The number of halogens is 4. The van der Waals surface area contributed by atoms with Gasteiger partial charge in [0.1, 0.15) is 0 Å². The summed E-state index contributed by atoms with van der Waals surface area (Å²) in [4.78, 5) is 0. The molecule has 0 amide bonds. The Morgan fingerprint density at radius 3 is 2.71 bits per heavy atom. The first-order valence-electron chi connectivity index (χ1n) is 5.16. The van der Waals surface area contributed by atoms with Crippen LogP contribution >= 0.6 is 11.6 Å². The van der Waals surface area contributed by atoms with E-state index < -0.39 is 11.7 Å². The summed E-state index contributed by atoms with van der Waals surface area (Å²) >= 11 is 5.55. The molecule has 2 rings (SSSR count). The van der Waals surface area contributed by atoms with Crippen LogP contribution in [-0.4, -0.2) is 19.8 Å². The normalized spacial score (nSPS) is 21.5. The lowest BCUT2D eigenvalue weighted by molar-refractivity contribution is -0.137. The molecular weight excluding hydrogens is 255 g/mol. The summed E-state index contributed by atoms with van der Waals surface area (Å²) in [6.07, 6.45) is -4.43. The Morgan fingerprint density at radius 2 is 2.12 bits per heavy atom. The van der Waals surface area contributed by atoms with Crippen LogP contribution in [0, 0.1) is 0 Å². The van der Waals surface area contributed by atoms with Crippen molar-refractivity contribution in [2.45, 2.75) is 12.2 Å². The van der Waals surface area contributed by atoms with E-state index in [1.165, 1.54) is 6.07 Å². The fourth-order valence-corrected chi connectivity index (χ4v) is 1.98. The van der Waals surface area contributed by atoms with Crippen molar-refractivity contribution in [3.63, 3.8) is 0 Å². The van der Waals surface area contributed by atoms with E-state index in [1.54, 1.807) is 6.07 Å². The van der Waals surface area contributed by atoms with Gasteiger partial charge in [-0.25, -0.2) is 0 Å². The minimum atomic E-state index is -4.43. The summed E-state index contributed by atoms with van der Waals surface area (Å²) in [5.74, 6) is 0. The summed E-state index contributed by atoms with van der Waals surface area (Å²) in [6, 6.07) is 3.73. The van der Waals surface area contributed by atoms with E-state index in [-0.39, 0.29) is 11.1 Å². The molecule has 0 saturated carbocycles. The molecule has 1 N–H and O–H groups in total. The Hall–Kier alpha value is -0.780. The molecule has 6 heteroatoms. The molecule has 0 unspecified atom stereocenters. The van der Waals surface area contributed by atoms with Gasteiger partial charge in [0.2, 0.25) is 0 Å². The van der Waals surface area contributed by atoms with Crippen molar-refractivity contribution in [1.29, 1.82) is 0 Å². The first-order chi connectivity index (χ1) is 7.98. The standard InChI is InChI=1S/C11H11ClF3NO/c12-9-2-1-7(5-8(9)11(13,14)15)10-6-17-4-3-16-10/h1-2,5,10,16H,3-4,6H2/t10-/m0/s1. The lowest BCUT2D eigenvalue weighted by Gasteiger charge is -2.25. The summed E-state index contributed by atoms with van der Waals surface area (Å²) in [6.45, 7) is 1.59. The van der Waals surface area contributed by atoms with Crippen LogP contribution in [0.3, 0.4) is 0 Å². The third-order valence-corrected chi connectivity index (χ3v) is 2.95. The molecule has 0 radical (unpaired) electrons. The monoisotopic (exact) mass is 265 g/mol. The minimum Gasteiger partial charge on any atom is -0.378 e. The molecule has 1 aromatic carbocycles. The molecule has 1 aromatic rings. The molecule has 1 fully saturated rings. The maximum absolute atomic E-state index is 12.7. The van der Waals surface area contributed by atoms with E-state index in [0.717, 1.165) is 6.07 Å². The largest absolute Gasteiger partial charge is 0.417 e. The quantitative estimate of drug-likeness (QED) is 0.843. The van der Waals surface area contributed by atoms with Crippen LogP contribution < -0.4 is 5.32 Å². The third kappa shape index (κ3) is 2.91. The van der Waals surface area contributed by atoms with Crippen molar-refractivity contribution >= 4 is 11.6 Å². The number of alkyl halides is 3. The first kappa shape index (κ1) is 12.7. The van der Waals surface area contributed by atoms with Crippen LogP contribution in [-0.2, 0) is 10.9 Å². The maximum atomic E-state index is 12.7. The number of rotatable bonds is 1. The van der Waals surface area contributed by atoms with Gasteiger partial charge in [-0.3, -0.25) is 0 Å². The Kier molecular flexibility index (Phi) is 3.61. The molecule has 1 heterocycles. The lowest BCUT2D eigenvalue weighted by Crippen LogP contribution is -2.34. The van der Waals surface area contributed by atoms with E-state index in [2.05, 4.69) is 5.32 Å². The van der Waals surface area contributed by atoms with Gasteiger partial charge < -0.3 is 10.1 Å². The van der Waals surface area contributed by atoms with Gasteiger partial charge in [0.15, 0.2) is 0 Å². The number of hydrogen-bond acceptors (Lipinski definition) is 2. The highest BCUT2D eigenvalue weighted by Crippen LogP contribution is 2.36. The fraction of sp³-hybridized carbons (Fsp3) is 0.455. The molecule has 0 aliphatic carbocycles. The minimum absolute atomic E-state index is 0.206. The molecule has 0 bridgehead atoms. The van der Waals surface area contributed by atoms with Gasteiger partial charge in [0.05, 0.1) is 29.8 Å². The second-order valence-electron chi connectivity index (χ2n) is 3.82. The molecule has 1 atom stereocenters. The van der Waals surface area contributed by atoms with E-state index in [9.17, 15) is 13.2 Å². The summed E-state index contributed by atoms with van der Waals surface area (Å²) in [5, 5.41) is 2.82. The van der Waals surface area contributed by atoms with Gasteiger partial charge >= 0.3 is 6.18 Å². The number of hydrogen-bond donors (Lipinski definition) is 1. The summed E-state index contributed by atoms with van der Waals surface area (Å²) < 4.78 is 43.2. The van der Waals surface area contributed by atoms with Gasteiger partial charge in [-0.1, -0.05) is 17.7 Å². The van der Waals surface area contributed by atoms with Crippen LogP contribution in [0.5, 0.6) is 0 Å². The van der Waals surface area contributed by atoms with Crippen molar-refractivity contribution < 1.29 is 17.9 Å². The van der Waals surface area contributed by atoms with Crippen molar-refractivity contribution in [3.8, 4) is 0 Å². The van der Waals surface area contributed by atoms with Crippen molar-refractivity contribution in [3.05, 3.63) is 34.3 Å². The predicted molar refractivity (Wildman–Crippen MR) is 58.0 cm³/mol. The molecule has 94 valence electrons. The van der Waals surface area contributed by atoms with E-state index in [1.807, 2.05) is 0 Å². The van der Waals surface area contributed by atoms with Gasteiger partial charge in [-0.2, -0.15) is 13.2 Å². The molecule has 0 aromatic heterocycles. The second-order valence-corrected chi connectivity index (χ2v) is 4.23. The first-order valence-corrected chi connectivity index (χ1v) is 5.54. The number of nitrogens with one attached hydrogen (secondary N) is 1. The van der Waals surface area contributed by atoms with Crippen LogP contribution in [0.1, 0.15) is 17.2 Å². The number of benzene rings is 1.